The van der Waals surface area contributed by atoms with Gasteiger partial charge in [-0.25, -0.2) is 0 Å². The van der Waals surface area contributed by atoms with Crippen molar-refractivity contribution in [1.29, 1.82) is 0 Å². The van der Waals surface area contributed by atoms with Crippen LogP contribution in [-0.2, 0) is 0 Å². The first kappa shape index (κ1) is 14.4. The lowest BCUT2D eigenvalue weighted by Crippen LogP contribution is -2.21. The monoisotopic (exact) mass is 343 g/mol. The van der Waals surface area contributed by atoms with E-state index in [0.717, 1.165) is 27.7 Å². The fraction of sp³-hybridized carbons (Fsp3) is 0.222. The molecule has 1 N–H and O–H groups in total. The summed E-state index contributed by atoms with van der Waals surface area (Å²) in [5.41, 5.74) is 3.34. The molecule has 0 radical (unpaired) electrons. The quantitative estimate of drug-likeness (QED) is 0.703. The molecule has 2 nitrogen and oxygen atoms in total. The van der Waals surface area contributed by atoms with Crippen molar-refractivity contribution in [3.8, 4) is 0 Å². The van der Waals surface area contributed by atoms with Crippen LogP contribution in [0.5, 0.6) is 0 Å². The van der Waals surface area contributed by atoms with E-state index < -0.39 is 0 Å². The summed E-state index contributed by atoms with van der Waals surface area (Å²) in [6, 6.07) is 16.8. The van der Waals surface area contributed by atoms with E-state index in [0.29, 0.717) is 0 Å². The molecule has 2 aromatic carbocycles. The topological polar surface area (TPSA) is 25.2 Å². The Morgan fingerprint density at radius 3 is 2.67 bits per heavy atom. The first-order valence-corrected chi connectivity index (χ1v) is 7.96. The van der Waals surface area contributed by atoms with Gasteiger partial charge >= 0.3 is 0 Å². The van der Waals surface area contributed by atoms with Crippen molar-refractivity contribution in [2.75, 3.05) is 6.54 Å². The summed E-state index contributed by atoms with van der Waals surface area (Å²) in [4.78, 5) is 0. The maximum atomic E-state index is 6.13. The molecule has 108 valence electrons. The molecular weight excluding hydrogens is 326 g/mol. The summed E-state index contributed by atoms with van der Waals surface area (Å²) in [5, 5.41) is 4.66. The molecule has 0 saturated carbocycles. The van der Waals surface area contributed by atoms with E-state index >= 15 is 0 Å². The Balaban J connectivity index is 2.09. The first-order chi connectivity index (χ1) is 10.2. The molecule has 0 aliphatic rings. The number of halogens is 1. The van der Waals surface area contributed by atoms with Gasteiger partial charge in [-0.05, 0) is 42.8 Å². The fourth-order valence-electron chi connectivity index (χ4n) is 2.64. The summed E-state index contributed by atoms with van der Waals surface area (Å²) in [6.07, 6.45) is 0. The van der Waals surface area contributed by atoms with Gasteiger partial charge in [0.25, 0.3) is 0 Å². The molecular formula is C18H18BrNO. The highest BCUT2D eigenvalue weighted by molar-refractivity contribution is 9.10. The third-order valence-electron chi connectivity index (χ3n) is 3.63. The molecule has 1 unspecified atom stereocenters. The fourth-order valence-corrected chi connectivity index (χ4v) is 3.06. The third-order valence-corrected chi connectivity index (χ3v) is 4.13. The average molecular weight is 344 g/mol. The number of para-hydroxylation sites is 1. The molecule has 1 atom stereocenters. The Hall–Kier alpha value is -1.58. The number of nitrogens with one attached hydrogen (secondary N) is 1. The Bertz CT molecular complexity index is 763. The second-order valence-corrected chi connectivity index (χ2v) is 6.10. The van der Waals surface area contributed by atoms with Crippen LogP contribution in [0.15, 0.2) is 57.4 Å². The van der Waals surface area contributed by atoms with Crippen LogP contribution in [0.2, 0.25) is 0 Å². The van der Waals surface area contributed by atoms with Gasteiger partial charge < -0.3 is 9.73 Å². The van der Waals surface area contributed by atoms with Crippen molar-refractivity contribution in [2.24, 2.45) is 0 Å². The van der Waals surface area contributed by atoms with Gasteiger partial charge in [-0.2, -0.15) is 0 Å². The Labute approximate surface area is 133 Å². The summed E-state index contributed by atoms with van der Waals surface area (Å²) in [6.45, 7) is 5.07. The Morgan fingerprint density at radius 2 is 1.95 bits per heavy atom. The minimum Gasteiger partial charge on any atom is -0.459 e. The first-order valence-electron chi connectivity index (χ1n) is 7.17. The Morgan fingerprint density at radius 1 is 1.14 bits per heavy atom. The van der Waals surface area contributed by atoms with Gasteiger partial charge in [0, 0.05) is 9.86 Å². The molecule has 1 aromatic heterocycles. The predicted molar refractivity (Wildman–Crippen MR) is 90.6 cm³/mol. The van der Waals surface area contributed by atoms with Gasteiger partial charge in [0.05, 0.1) is 6.04 Å². The van der Waals surface area contributed by atoms with E-state index in [1.165, 1.54) is 11.1 Å². The van der Waals surface area contributed by atoms with Gasteiger partial charge in [-0.1, -0.05) is 53.2 Å². The van der Waals surface area contributed by atoms with Crippen molar-refractivity contribution in [3.63, 3.8) is 0 Å². The normalized spacial score (nSPS) is 12.7. The highest BCUT2D eigenvalue weighted by atomic mass is 79.9. The zero-order valence-corrected chi connectivity index (χ0v) is 13.8. The molecule has 0 aliphatic carbocycles. The highest BCUT2D eigenvalue weighted by Crippen LogP contribution is 2.30. The lowest BCUT2D eigenvalue weighted by Gasteiger charge is -2.16. The minimum absolute atomic E-state index is 0.0688. The molecule has 0 fully saturated rings. The number of hydrogen-bond donors (Lipinski definition) is 1. The van der Waals surface area contributed by atoms with E-state index in [1.54, 1.807) is 0 Å². The molecule has 3 heteroatoms. The van der Waals surface area contributed by atoms with E-state index in [9.17, 15) is 0 Å². The van der Waals surface area contributed by atoms with Crippen LogP contribution in [0, 0.1) is 6.92 Å². The van der Waals surface area contributed by atoms with Crippen molar-refractivity contribution < 1.29 is 4.42 Å². The van der Waals surface area contributed by atoms with Crippen LogP contribution in [0.4, 0.5) is 0 Å². The number of rotatable bonds is 4. The molecule has 0 amide bonds. The lowest BCUT2D eigenvalue weighted by atomic mass is 10.0. The molecule has 0 saturated heterocycles. The summed E-state index contributed by atoms with van der Waals surface area (Å²) in [7, 11) is 0. The Kier molecular flexibility index (Phi) is 4.13. The van der Waals surface area contributed by atoms with Crippen LogP contribution in [0.3, 0.4) is 0 Å². The average Bonchev–Trinajstić information content (AvgIpc) is 2.90. The van der Waals surface area contributed by atoms with Crippen LogP contribution < -0.4 is 5.32 Å². The zero-order valence-electron chi connectivity index (χ0n) is 12.2. The summed E-state index contributed by atoms with van der Waals surface area (Å²) < 4.78 is 7.21. The number of fused-ring (bicyclic) bond motifs is 1. The molecule has 3 rings (SSSR count). The van der Waals surface area contributed by atoms with Crippen molar-refractivity contribution in [1.82, 2.24) is 5.32 Å². The van der Waals surface area contributed by atoms with Gasteiger partial charge in [0.1, 0.15) is 11.3 Å². The smallest absolute Gasteiger partial charge is 0.137 e. The maximum Gasteiger partial charge on any atom is 0.137 e. The zero-order chi connectivity index (χ0) is 14.8. The molecule has 0 aliphatic heterocycles. The van der Waals surface area contributed by atoms with Crippen LogP contribution >= 0.6 is 15.9 Å². The third kappa shape index (κ3) is 2.89. The SMILES string of the molecule is CCNC(c1cccc(Br)c1)c1cc2cccc(C)c2o1. The van der Waals surface area contributed by atoms with Gasteiger partial charge in [0.2, 0.25) is 0 Å². The second-order valence-electron chi connectivity index (χ2n) is 5.19. The molecule has 0 spiro atoms. The largest absolute Gasteiger partial charge is 0.459 e. The lowest BCUT2D eigenvalue weighted by molar-refractivity contribution is 0.476. The molecule has 0 bridgehead atoms. The van der Waals surface area contributed by atoms with Crippen molar-refractivity contribution >= 4 is 26.9 Å². The minimum atomic E-state index is 0.0688. The number of aryl methyl sites for hydroxylation is 1. The summed E-state index contributed by atoms with van der Waals surface area (Å²) in [5.74, 6) is 0.958. The number of hydrogen-bond acceptors (Lipinski definition) is 2. The van der Waals surface area contributed by atoms with E-state index in [4.69, 9.17) is 4.42 Å². The number of furan rings is 1. The van der Waals surface area contributed by atoms with Crippen molar-refractivity contribution in [3.05, 3.63) is 69.9 Å². The maximum absolute atomic E-state index is 6.13. The standard InChI is InChI=1S/C18H18BrNO/c1-3-20-17(13-7-5-9-15(19)10-13)16-11-14-8-4-6-12(2)18(14)21-16/h4-11,17,20H,3H2,1-2H3. The summed E-state index contributed by atoms with van der Waals surface area (Å²) >= 11 is 3.54. The van der Waals surface area contributed by atoms with Crippen LogP contribution in [-0.4, -0.2) is 6.54 Å². The van der Waals surface area contributed by atoms with Gasteiger partial charge in [-0.15, -0.1) is 0 Å². The predicted octanol–water partition coefficient (Wildman–Crippen LogP) is 5.20. The molecule has 3 aromatic rings. The second kappa shape index (κ2) is 6.04. The van der Waals surface area contributed by atoms with Gasteiger partial charge in [-0.3, -0.25) is 0 Å². The van der Waals surface area contributed by atoms with Crippen LogP contribution in [0.25, 0.3) is 11.0 Å². The molecule has 1 heterocycles. The van der Waals surface area contributed by atoms with Gasteiger partial charge in [0.15, 0.2) is 0 Å². The van der Waals surface area contributed by atoms with Crippen LogP contribution in [0.1, 0.15) is 29.9 Å². The highest BCUT2D eigenvalue weighted by Gasteiger charge is 2.18. The van der Waals surface area contributed by atoms with E-state index in [1.807, 2.05) is 6.07 Å². The number of benzene rings is 2. The van der Waals surface area contributed by atoms with E-state index in [2.05, 4.69) is 77.6 Å². The van der Waals surface area contributed by atoms with E-state index in [-0.39, 0.29) is 6.04 Å². The molecule has 21 heavy (non-hydrogen) atoms. The van der Waals surface area contributed by atoms with Crippen molar-refractivity contribution in [2.45, 2.75) is 19.9 Å².